The van der Waals surface area contributed by atoms with E-state index in [1.54, 1.807) is 16.9 Å². The molecule has 0 unspecified atom stereocenters. The summed E-state index contributed by atoms with van der Waals surface area (Å²) in [7, 11) is 0. The molecule has 1 heterocycles. The summed E-state index contributed by atoms with van der Waals surface area (Å²) in [6.45, 7) is 4.40. The quantitative estimate of drug-likeness (QED) is 0.759. The van der Waals surface area contributed by atoms with Gasteiger partial charge in [-0.25, -0.2) is 4.79 Å². The van der Waals surface area contributed by atoms with Gasteiger partial charge in [0.25, 0.3) is 11.5 Å². The molecular weight excluding hydrogens is 352 g/mol. The molecule has 0 radical (unpaired) electrons. The van der Waals surface area contributed by atoms with Gasteiger partial charge in [0.05, 0.1) is 0 Å². The number of carboxylic acids is 1. The van der Waals surface area contributed by atoms with Gasteiger partial charge in [-0.1, -0.05) is 19.3 Å². The lowest BCUT2D eigenvalue weighted by atomic mass is 9.89. The fraction of sp³-hybridized carbons (Fsp3) is 0.632. The van der Waals surface area contributed by atoms with Crippen LogP contribution in [-0.4, -0.2) is 39.6 Å². The van der Waals surface area contributed by atoms with Crippen molar-refractivity contribution in [2.45, 2.75) is 58.5 Å². The highest BCUT2D eigenvalue weighted by Crippen LogP contribution is 2.25. The molecule has 0 spiro atoms. The minimum atomic E-state index is -1.10. The highest BCUT2D eigenvalue weighted by Gasteiger charge is 2.24. The Morgan fingerprint density at radius 2 is 1.96 bits per heavy atom. The van der Waals surface area contributed by atoms with Crippen molar-refractivity contribution in [3.8, 4) is 0 Å². The molecule has 0 saturated heterocycles. The number of thioether (sulfide) groups is 1. The molecule has 1 amide bonds. The molecule has 0 aliphatic heterocycles. The molecule has 1 fully saturated rings. The number of nitrogens with one attached hydrogen (secondary N) is 1. The van der Waals surface area contributed by atoms with Crippen LogP contribution in [-0.2, 0) is 11.3 Å². The Hall–Kier alpha value is -1.76. The average Bonchev–Trinajstić information content (AvgIpc) is 2.62. The van der Waals surface area contributed by atoms with Crippen LogP contribution in [0, 0.1) is 19.8 Å². The minimum Gasteiger partial charge on any atom is -0.480 e. The number of carbonyl (C=O) groups is 2. The van der Waals surface area contributed by atoms with Gasteiger partial charge in [-0.2, -0.15) is 11.8 Å². The molecule has 7 heteroatoms. The monoisotopic (exact) mass is 380 g/mol. The Bertz CT molecular complexity index is 723. The Labute approximate surface area is 158 Å². The summed E-state index contributed by atoms with van der Waals surface area (Å²) in [6, 6.07) is 0.563. The van der Waals surface area contributed by atoms with Crippen LogP contribution in [0.15, 0.2) is 10.9 Å². The largest absolute Gasteiger partial charge is 0.480 e. The molecular formula is C19H28N2O4S. The lowest BCUT2D eigenvalue weighted by Crippen LogP contribution is -2.45. The van der Waals surface area contributed by atoms with Gasteiger partial charge in [0.1, 0.15) is 11.6 Å². The zero-order valence-electron chi connectivity index (χ0n) is 15.7. The van der Waals surface area contributed by atoms with Crippen molar-refractivity contribution in [1.29, 1.82) is 0 Å². The van der Waals surface area contributed by atoms with E-state index < -0.39 is 17.9 Å². The second-order valence-corrected chi connectivity index (χ2v) is 7.98. The summed E-state index contributed by atoms with van der Waals surface area (Å²) in [5.74, 6) is -1.00. The maximum Gasteiger partial charge on any atom is 0.327 e. The Morgan fingerprint density at radius 1 is 1.31 bits per heavy atom. The number of aryl methyl sites for hydroxylation is 1. The highest BCUT2D eigenvalue weighted by molar-refractivity contribution is 7.98. The Balaban J connectivity index is 2.29. The second-order valence-electron chi connectivity index (χ2n) is 7.07. The number of carboxylic acid groups (broad SMARTS) is 1. The standard InChI is InChI=1S/C19H28N2O4S/c1-12-9-15(17(22)20-16(11-26-3)19(24)25)18(23)21(13(12)2)10-14-7-5-4-6-8-14/h9,14,16H,4-8,10-11H2,1-3H3,(H,20,22)(H,24,25)/t16-/m0/s1. The molecule has 0 aromatic carbocycles. The van der Waals surface area contributed by atoms with Gasteiger partial charge < -0.3 is 15.0 Å². The van der Waals surface area contributed by atoms with Gasteiger partial charge in [0, 0.05) is 18.0 Å². The fourth-order valence-corrected chi connectivity index (χ4v) is 4.04. The molecule has 1 aromatic rings. The van der Waals surface area contributed by atoms with Crippen molar-refractivity contribution in [1.82, 2.24) is 9.88 Å². The van der Waals surface area contributed by atoms with Crippen LogP contribution in [0.2, 0.25) is 0 Å². The van der Waals surface area contributed by atoms with E-state index in [4.69, 9.17) is 0 Å². The van der Waals surface area contributed by atoms with Crippen LogP contribution in [0.25, 0.3) is 0 Å². The number of rotatable bonds is 7. The molecule has 26 heavy (non-hydrogen) atoms. The average molecular weight is 381 g/mol. The molecule has 2 rings (SSSR count). The van der Waals surface area contributed by atoms with Crippen LogP contribution in [0.1, 0.15) is 53.7 Å². The zero-order chi connectivity index (χ0) is 19.3. The third-order valence-corrected chi connectivity index (χ3v) is 5.83. The van der Waals surface area contributed by atoms with Crippen molar-refractivity contribution < 1.29 is 14.7 Å². The van der Waals surface area contributed by atoms with Crippen LogP contribution in [0.4, 0.5) is 0 Å². The molecule has 2 N–H and O–H groups in total. The van der Waals surface area contributed by atoms with Crippen LogP contribution < -0.4 is 10.9 Å². The summed E-state index contributed by atoms with van der Waals surface area (Å²) >= 11 is 1.33. The van der Waals surface area contributed by atoms with Crippen LogP contribution in [0.5, 0.6) is 0 Å². The normalized spacial score (nSPS) is 16.3. The maximum atomic E-state index is 12.9. The Kier molecular flexibility index (Phi) is 7.32. The number of aliphatic carboxylic acids is 1. The number of nitrogens with zero attached hydrogens (tertiary/aromatic N) is 1. The highest BCUT2D eigenvalue weighted by atomic mass is 32.2. The molecule has 0 bridgehead atoms. The lowest BCUT2D eigenvalue weighted by Gasteiger charge is -2.24. The van der Waals surface area contributed by atoms with E-state index in [9.17, 15) is 19.5 Å². The summed E-state index contributed by atoms with van der Waals surface area (Å²) < 4.78 is 1.70. The van der Waals surface area contributed by atoms with Gasteiger partial charge >= 0.3 is 5.97 Å². The molecule has 1 aliphatic rings. The van der Waals surface area contributed by atoms with Gasteiger partial charge in [0.2, 0.25) is 0 Å². The fourth-order valence-electron chi connectivity index (χ4n) is 3.48. The minimum absolute atomic E-state index is 0.0243. The van der Waals surface area contributed by atoms with Crippen LogP contribution in [0.3, 0.4) is 0 Å². The van der Waals surface area contributed by atoms with E-state index in [1.807, 2.05) is 13.8 Å². The predicted octanol–water partition coefficient (Wildman–Crippen LogP) is 2.59. The first-order valence-electron chi connectivity index (χ1n) is 9.08. The first-order chi connectivity index (χ1) is 12.3. The summed E-state index contributed by atoms with van der Waals surface area (Å²) in [4.78, 5) is 36.8. The number of carbonyl (C=O) groups excluding carboxylic acids is 1. The number of pyridine rings is 1. The number of aromatic nitrogens is 1. The zero-order valence-corrected chi connectivity index (χ0v) is 16.5. The van der Waals surface area contributed by atoms with E-state index in [2.05, 4.69) is 5.32 Å². The van der Waals surface area contributed by atoms with Crippen molar-refractivity contribution in [2.24, 2.45) is 5.92 Å². The molecule has 1 atom stereocenters. The van der Waals surface area contributed by atoms with E-state index >= 15 is 0 Å². The first kappa shape index (κ1) is 20.6. The summed E-state index contributed by atoms with van der Waals surface area (Å²) in [5, 5.41) is 11.7. The third-order valence-electron chi connectivity index (χ3n) is 5.16. The molecule has 144 valence electrons. The van der Waals surface area contributed by atoms with Crippen molar-refractivity contribution in [3.05, 3.63) is 33.2 Å². The van der Waals surface area contributed by atoms with E-state index in [1.165, 1.54) is 31.0 Å². The predicted molar refractivity (Wildman–Crippen MR) is 104 cm³/mol. The summed E-state index contributed by atoms with van der Waals surface area (Å²) in [6.07, 6.45) is 7.61. The van der Waals surface area contributed by atoms with Crippen molar-refractivity contribution in [3.63, 3.8) is 0 Å². The maximum absolute atomic E-state index is 12.9. The van der Waals surface area contributed by atoms with Crippen LogP contribution >= 0.6 is 11.8 Å². The lowest BCUT2D eigenvalue weighted by molar-refractivity contribution is -0.138. The van der Waals surface area contributed by atoms with Crippen molar-refractivity contribution in [2.75, 3.05) is 12.0 Å². The second kappa shape index (κ2) is 9.26. The van der Waals surface area contributed by atoms with E-state index in [-0.39, 0.29) is 16.9 Å². The van der Waals surface area contributed by atoms with Gasteiger partial charge in [-0.05, 0) is 50.5 Å². The van der Waals surface area contributed by atoms with Gasteiger partial charge in [0.15, 0.2) is 0 Å². The smallest absolute Gasteiger partial charge is 0.327 e. The van der Waals surface area contributed by atoms with Gasteiger partial charge in [-0.15, -0.1) is 0 Å². The molecule has 1 aliphatic carbocycles. The molecule has 1 aromatic heterocycles. The first-order valence-corrected chi connectivity index (χ1v) is 10.5. The molecule has 1 saturated carbocycles. The van der Waals surface area contributed by atoms with E-state index in [0.29, 0.717) is 12.5 Å². The molecule has 6 nitrogen and oxygen atoms in total. The SMILES string of the molecule is CSC[C@H](NC(=O)c1cc(C)c(C)n(CC2CCCCC2)c1=O)C(=O)O. The third kappa shape index (κ3) is 4.90. The van der Waals surface area contributed by atoms with E-state index in [0.717, 1.165) is 24.1 Å². The summed E-state index contributed by atoms with van der Waals surface area (Å²) in [5.41, 5.74) is 1.43. The van der Waals surface area contributed by atoms with Gasteiger partial charge in [-0.3, -0.25) is 9.59 Å². The number of hydrogen-bond acceptors (Lipinski definition) is 4. The number of amides is 1. The Morgan fingerprint density at radius 3 is 2.54 bits per heavy atom. The van der Waals surface area contributed by atoms with Crippen molar-refractivity contribution >= 4 is 23.6 Å². The topological polar surface area (TPSA) is 88.4 Å². The number of hydrogen-bond donors (Lipinski definition) is 2.